The fraction of sp³-hybridized carbons (Fsp3) is 0.857. The number of hydrogen-bond acceptors (Lipinski definition) is 2. The minimum Gasteiger partial charge on any atom is -0.229 e. The van der Waals surface area contributed by atoms with E-state index in [9.17, 15) is 0 Å². The maximum Gasteiger partial charge on any atom is 0.0233 e. The van der Waals surface area contributed by atoms with Crippen molar-refractivity contribution in [2.75, 3.05) is 0 Å². The number of hydrogen-bond donors (Lipinski definition) is 1. The Labute approximate surface area is 63.1 Å². The first-order chi connectivity index (χ1) is 3.95. The fourth-order valence-electron chi connectivity index (χ4n) is 0.803. The van der Waals surface area contributed by atoms with Gasteiger partial charge in [-0.05, 0) is 31.6 Å². The van der Waals surface area contributed by atoms with Crippen molar-refractivity contribution in [3.8, 4) is 0 Å². The number of thiol groups is 1. The van der Waals surface area contributed by atoms with Crippen LogP contribution in [0.3, 0.4) is 0 Å². The zero-order chi connectivity index (χ0) is 7.49. The van der Waals surface area contributed by atoms with Crippen LogP contribution in [0.5, 0.6) is 0 Å². The van der Waals surface area contributed by atoms with E-state index in [0.29, 0.717) is 5.41 Å². The molecule has 9 heavy (non-hydrogen) atoms. The van der Waals surface area contributed by atoms with Crippen LogP contribution >= 0.6 is 12.8 Å². The predicted octanol–water partition coefficient (Wildman–Crippen LogP) is 2.73. The second kappa shape index (κ2) is 3.25. The summed E-state index contributed by atoms with van der Waals surface area (Å²) < 4.78 is 3.78. The summed E-state index contributed by atoms with van der Waals surface area (Å²) >= 11 is 3.82. The molecule has 0 aromatic carbocycles. The number of nitrogens with zero attached hydrogens (tertiary/aromatic N) is 1. The summed E-state index contributed by atoms with van der Waals surface area (Å²) in [5, 5.41) is 0. The molecule has 0 amide bonds. The van der Waals surface area contributed by atoms with Gasteiger partial charge in [0, 0.05) is 5.71 Å². The number of rotatable bonds is 1. The van der Waals surface area contributed by atoms with Crippen molar-refractivity contribution >= 4 is 18.5 Å². The summed E-state index contributed by atoms with van der Waals surface area (Å²) in [6, 6.07) is 0. The molecule has 0 rings (SSSR count). The van der Waals surface area contributed by atoms with Crippen LogP contribution in [0, 0.1) is 5.41 Å². The summed E-state index contributed by atoms with van der Waals surface area (Å²) in [7, 11) is 0. The quantitative estimate of drug-likeness (QED) is 0.430. The third kappa shape index (κ3) is 5.90. The summed E-state index contributed by atoms with van der Waals surface area (Å²) in [5.41, 5.74) is 1.45. The molecule has 0 heterocycles. The van der Waals surface area contributed by atoms with Gasteiger partial charge in [0.2, 0.25) is 0 Å². The molecule has 0 unspecified atom stereocenters. The van der Waals surface area contributed by atoms with Crippen molar-refractivity contribution in [2.45, 2.75) is 34.1 Å². The van der Waals surface area contributed by atoms with Crippen molar-refractivity contribution < 1.29 is 0 Å². The van der Waals surface area contributed by atoms with Crippen LogP contribution in [-0.4, -0.2) is 5.71 Å². The molecule has 0 aromatic heterocycles. The standard InChI is InChI=1S/C7H15NS/c1-6(8-9)5-7(2,3)4/h9H,5H2,1-4H3. The molecular weight excluding hydrogens is 130 g/mol. The van der Waals surface area contributed by atoms with E-state index in [1.807, 2.05) is 6.92 Å². The Hall–Kier alpha value is 0.0200. The van der Waals surface area contributed by atoms with Crippen LogP contribution in [0.2, 0.25) is 0 Å². The van der Waals surface area contributed by atoms with Crippen molar-refractivity contribution in [1.82, 2.24) is 0 Å². The molecule has 0 radical (unpaired) electrons. The van der Waals surface area contributed by atoms with E-state index in [0.717, 1.165) is 12.1 Å². The monoisotopic (exact) mass is 145 g/mol. The van der Waals surface area contributed by atoms with Crippen LogP contribution in [0.15, 0.2) is 4.40 Å². The van der Waals surface area contributed by atoms with E-state index >= 15 is 0 Å². The molecule has 0 atom stereocenters. The largest absolute Gasteiger partial charge is 0.229 e. The first-order valence-corrected chi connectivity index (χ1v) is 3.53. The highest BCUT2D eigenvalue weighted by Gasteiger charge is 2.10. The first kappa shape index (κ1) is 9.02. The third-order valence-electron chi connectivity index (χ3n) is 0.957. The van der Waals surface area contributed by atoms with Gasteiger partial charge >= 0.3 is 0 Å². The van der Waals surface area contributed by atoms with E-state index < -0.39 is 0 Å². The van der Waals surface area contributed by atoms with Gasteiger partial charge in [-0.3, -0.25) is 0 Å². The van der Waals surface area contributed by atoms with E-state index in [-0.39, 0.29) is 0 Å². The molecule has 2 heteroatoms. The highest BCUT2D eigenvalue weighted by molar-refractivity contribution is 7.79. The van der Waals surface area contributed by atoms with Gasteiger partial charge in [-0.15, -0.1) is 0 Å². The lowest BCUT2D eigenvalue weighted by Gasteiger charge is -2.16. The molecule has 0 aromatic rings. The summed E-state index contributed by atoms with van der Waals surface area (Å²) in [6.07, 6.45) is 1.02. The lowest BCUT2D eigenvalue weighted by molar-refractivity contribution is 0.433. The minimum absolute atomic E-state index is 0.344. The van der Waals surface area contributed by atoms with Gasteiger partial charge in [0.25, 0.3) is 0 Å². The molecule has 0 spiro atoms. The van der Waals surface area contributed by atoms with Crippen LogP contribution in [0.25, 0.3) is 0 Å². The Morgan fingerprint density at radius 1 is 1.44 bits per heavy atom. The summed E-state index contributed by atoms with van der Waals surface area (Å²) in [5.74, 6) is 0. The highest BCUT2D eigenvalue weighted by Crippen LogP contribution is 2.19. The lowest BCUT2D eigenvalue weighted by atomic mass is 9.90. The second-order valence-corrected chi connectivity index (χ2v) is 3.77. The average molecular weight is 145 g/mol. The van der Waals surface area contributed by atoms with Gasteiger partial charge in [-0.2, -0.15) is 0 Å². The van der Waals surface area contributed by atoms with Gasteiger partial charge in [-0.1, -0.05) is 20.8 Å². The Morgan fingerprint density at radius 3 is 2.00 bits per heavy atom. The molecule has 0 fully saturated rings. The molecular formula is C7H15NS. The topological polar surface area (TPSA) is 12.4 Å². The van der Waals surface area contributed by atoms with Crippen LogP contribution in [0.1, 0.15) is 34.1 Å². The maximum absolute atomic E-state index is 3.82. The lowest BCUT2D eigenvalue weighted by Crippen LogP contribution is -2.09. The van der Waals surface area contributed by atoms with Gasteiger partial charge < -0.3 is 0 Å². The zero-order valence-electron chi connectivity index (χ0n) is 6.60. The Bertz CT molecular complexity index is 111. The average Bonchev–Trinajstić information content (AvgIpc) is 1.62. The highest BCUT2D eigenvalue weighted by atomic mass is 32.1. The molecule has 0 aliphatic carbocycles. The van der Waals surface area contributed by atoms with Gasteiger partial charge in [0.15, 0.2) is 0 Å². The van der Waals surface area contributed by atoms with Crippen LogP contribution in [0.4, 0.5) is 0 Å². The first-order valence-electron chi connectivity index (χ1n) is 3.13. The molecule has 0 N–H and O–H groups in total. The second-order valence-electron chi connectivity index (χ2n) is 3.57. The van der Waals surface area contributed by atoms with Crippen molar-refractivity contribution in [3.63, 3.8) is 0 Å². The summed E-state index contributed by atoms with van der Waals surface area (Å²) in [4.78, 5) is 0. The minimum atomic E-state index is 0.344. The molecule has 1 nitrogen and oxygen atoms in total. The zero-order valence-corrected chi connectivity index (χ0v) is 7.50. The maximum atomic E-state index is 3.82. The Kier molecular flexibility index (Phi) is 3.26. The van der Waals surface area contributed by atoms with Gasteiger partial charge in [-0.25, -0.2) is 4.40 Å². The third-order valence-corrected chi connectivity index (χ3v) is 1.30. The summed E-state index contributed by atoms with van der Waals surface area (Å²) in [6.45, 7) is 8.57. The van der Waals surface area contributed by atoms with Crippen LogP contribution < -0.4 is 0 Å². The van der Waals surface area contributed by atoms with Crippen molar-refractivity contribution in [1.29, 1.82) is 0 Å². The molecule has 0 saturated heterocycles. The Morgan fingerprint density at radius 2 is 1.89 bits per heavy atom. The van der Waals surface area contributed by atoms with Crippen molar-refractivity contribution in [3.05, 3.63) is 0 Å². The van der Waals surface area contributed by atoms with E-state index in [1.54, 1.807) is 0 Å². The molecule has 0 aliphatic heterocycles. The van der Waals surface area contributed by atoms with Gasteiger partial charge in [0.05, 0.1) is 0 Å². The Balaban J connectivity index is 3.75. The van der Waals surface area contributed by atoms with Crippen molar-refractivity contribution in [2.24, 2.45) is 9.81 Å². The van der Waals surface area contributed by atoms with E-state index in [2.05, 4.69) is 38.0 Å². The molecule has 0 bridgehead atoms. The van der Waals surface area contributed by atoms with E-state index in [1.165, 1.54) is 0 Å². The molecule has 0 aliphatic rings. The predicted molar refractivity (Wildman–Crippen MR) is 46.2 cm³/mol. The SMILES string of the molecule is CC(CC(C)(C)C)=NS. The van der Waals surface area contributed by atoms with Gasteiger partial charge in [0.1, 0.15) is 0 Å². The smallest absolute Gasteiger partial charge is 0.0233 e. The normalized spacial score (nSPS) is 14.1. The van der Waals surface area contributed by atoms with E-state index in [4.69, 9.17) is 0 Å². The van der Waals surface area contributed by atoms with Crippen LogP contribution in [-0.2, 0) is 0 Å². The fourth-order valence-corrected chi connectivity index (χ4v) is 0.874. The molecule has 0 saturated carbocycles. The molecule has 54 valence electrons.